The Hall–Kier alpha value is -1.96. The quantitative estimate of drug-likeness (QED) is 0.729. The molecule has 3 heterocycles. The Kier molecular flexibility index (Phi) is 4.45. The third-order valence-electron chi connectivity index (χ3n) is 4.49. The second-order valence-electron chi connectivity index (χ2n) is 6.17. The predicted octanol–water partition coefficient (Wildman–Crippen LogP) is 3.73. The van der Waals surface area contributed by atoms with Gasteiger partial charge in [-0.15, -0.1) is 22.7 Å². The van der Waals surface area contributed by atoms with E-state index in [1.165, 1.54) is 16.0 Å². The number of benzene rings is 1. The lowest BCUT2D eigenvalue weighted by Crippen LogP contribution is -2.48. The molecule has 4 rings (SSSR count). The Balaban J connectivity index is 1.58. The van der Waals surface area contributed by atoms with Crippen molar-refractivity contribution < 1.29 is 19.4 Å². The summed E-state index contributed by atoms with van der Waals surface area (Å²) in [4.78, 5) is 24.8. The van der Waals surface area contributed by atoms with Crippen LogP contribution in [0.1, 0.15) is 22.5 Å². The molecular weight excluding hydrogens is 358 g/mol. The summed E-state index contributed by atoms with van der Waals surface area (Å²) >= 11 is 3.06. The first-order valence-electron chi connectivity index (χ1n) is 8.16. The molecule has 0 saturated carbocycles. The fourth-order valence-corrected chi connectivity index (χ4v) is 5.66. The molecule has 1 fully saturated rings. The summed E-state index contributed by atoms with van der Waals surface area (Å²) in [6.07, 6.45) is 1.58. The van der Waals surface area contributed by atoms with Gasteiger partial charge in [-0.2, -0.15) is 0 Å². The molecule has 0 aliphatic carbocycles. The van der Waals surface area contributed by atoms with Crippen molar-refractivity contribution in [2.24, 2.45) is 5.92 Å². The number of nitrogens with one attached hydrogen (secondary N) is 1. The van der Waals surface area contributed by atoms with Crippen molar-refractivity contribution >= 4 is 54.0 Å². The first-order valence-corrected chi connectivity index (χ1v) is 9.79. The molecule has 3 aromatic rings. The van der Waals surface area contributed by atoms with Crippen LogP contribution < -0.4 is 5.32 Å². The second kappa shape index (κ2) is 6.74. The third kappa shape index (κ3) is 3.15. The summed E-state index contributed by atoms with van der Waals surface area (Å²) in [5.74, 6) is -1.51. The predicted molar refractivity (Wildman–Crippen MR) is 99.6 cm³/mol. The molecule has 1 amide bonds. The number of fused-ring (bicyclic) bond motifs is 3. The van der Waals surface area contributed by atoms with Crippen LogP contribution in [0.2, 0.25) is 0 Å². The minimum Gasteiger partial charge on any atom is -0.480 e. The molecule has 1 aliphatic heterocycles. The summed E-state index contributed by atoms with van der Waals surface area (Å²) in [6, 6.07) is 9.04. The van der Waals surface area contributed by atoms with Gasteiger partial charge in [0.25, 0.3) is 5.91 Å². The van der Waals surface area contributed by atoms with Crippen LogP contribution >= 0.6 is 22.7 Å². The summed E-state index contributed by atoms with van der Waals surface area (Å²) in [5, 5.41) is 13.3. The van der Waals surface area contributed by atoms with Crippen LogP contribution in [0.15, 0.2) is 30.3 Å². The second-order valence-corrected chi connectivity index (χ2v) is 8.30. The van der Waals surface area contributed by atoms with Gasteiger partial charge >= 0.3 is 5.97 Å². The Morgan fingerprint density at radius 3 is 2.84 bits per heavy atom. The molecule has 0 radical (unpaired) electrons. The standard InChI is InChI=1S/C18H17NO4S2/c20-17(19-15(18(21)22)10-4-3-7-23-9-10)14-8-13-16(25-14)11-5-1-2-6-12(11)24-13/h1-2,5-6,8,10,15H,3-4,7,9H2,(H,19,20)(H,21,22). The first-order chi connectivity index (χ1) is 12.1. The molecule has 0 spiro atoms. The van der Waals surface area contributed by atoms with Crippen molar-refractivity contribution in [3.63, 3.8) is 0 Å². The number of carbonyl (C=O) groups excluding carboxylic acids is 1. The third-order valence-corrected chi connectivity index (χ3v) is 6.91. The van der Waals surface area contributed by atoms with E-state index in [1.54, 1.807) is 11.3 Å². The number of amides is 1. The average Bonchev–Trinajstić information content (AvgIpc) is 3.18. The largest absolute Gasteiger partial charge is 0.480 e. The Morgan fingerprint density at radius 2 is 2.08 bits per heavy atom. The highest BCUT2D eigenvalue weighted by atomic mass is 32.1. The van der Waals surface area contributed by atoms with Gasteiger partial charge in [-0.3, -0.25) is 4.79 Å². The van der Waals surface area contributed by atoms with Gasteiger partial charge in [0.2, 0.25) is 0 Å². The fourth-order valence-electron chi connectivity index (χ4n) is 3.23. The number of carboxylic acid groups (broad SMARTS) is 1. The Bertz CT molecular complexity index is 939. The highest BCUT2D eigenvalue weighted by molar-refractivity contribution is 7.33. The minimum atomic E-state index is -1.01. The normalized spacial score (nSPS) is 19.1. The van der Waals surface area contributed by atoms with Crippen LogP contribution in [0, 0.1) is 5.92 Å². The van der Waals surface area contributed by atoms with Gasteiger partial charge in [0.05, 0.1) is 16.2 Å². The molecule has 130 valence electrons. The average molecular weight is 375 g/mol. The molecule has 25 heavy (non-hydrogen) atoms. The number of rotatable bonds is 4. The lowest BCUT2D eigenvalue weighted by molar-refractivity contribution is -0.142. The van der Waals surface area contributed by atoms with Crippen LogP contribution in [0.5, 0.6) is 0 Å². The maximum atomic E-state index is 12.6. The zero-order valence-electron chi connectivity index (χ0n) is 13.4. The molecule has 2 atom stereocenters. The van der Waals surface area contributed by atoms with E-state index in [9.17, 15) is 14.7 Å². The van der Waals surface area contributed by atoms with E-state index in [0.29, 0.717) is 18.1 Å². The van der Waals surface area contributed by atoms with Crippen molar-refractivity contribution in [2.45, 2.75) is 18.9 Å². The van der Waals surface area contributed by atoms with Crippen LogP contribution in [-0.2, 0) is 9.53 Å². The fraction of sp³-hybridized carbons (Fsp3) is 0.333. The zero-order valence-corrected chi connectivity index (χ0v) is 15.0. The lowest BCUT2D eigenvalue weighted by Gasteiger charge is -2.27. The van der Waals surface area contributed by atoms with Crippen LogP contribution in [0.4, 0.5) is 0 Å². The molecule has 1 aromatic carbocycles. The van der Waals surface area contributed by atoms with Crippen LogP contribution in [-0.4, -0.2) is 36.2 Å². The van der Waals surface area contributed by atoms with E-state index >= 15 is 0 Å². The van der Waals surface area contributed by atoms with E-state index in [2.05, 4.69) is 11.4 Å². The molecule has 1 saturated heterocycles. The molecule has 1 aliphatic rings. The monoisotopic (exact) mass is 375 g/mol. The highest BCUT2D eigenvalue weighted by Gasteiger charge is 2.32. The first kappa shape index (κ1) is 16.5. The molecule has 7 heteroatoms. The molecule has 2 unspecified atom stereocenters. The van der Waals surface area contributed by atoms with Crippen molar-refractivity contribution in [1.82, 2.24) is 5.32 Å². The SMILES string of the molecule is O=C(NC(C(=O)O)C1CCCOC1)c1cc2sc3ccccc3c2s1. The highest BCUT2D eigenvalue weighted by Crippen LogP contribution is 2.39. The minimum absolute atomic E-state index is 0.183. The topological polar surface area (TPSA) is 75.6 Å². The zero-order chi connectivity index (χ0) is 17.4. The van der Waals surface area contributed by atoms with E-state index in [0.717, 1.165) is 27.6 Å². The molecular formula is C18H17NO4S2. The Morgan fingerprint density at radius 1 is 1.24 bits per heavy atom. The summed E-state index contributed by atoms with van der Waals surface area (Å²) in [6.45, 7) is 1.03. The maximum Gasteiger partial charge on any atom is 0.326 e. The lowest BCUT2D eigenvalue weighted by atomic mass is 9.93. The van der Waals surface area contributed by atoms with Crippen LogP contribution in [0.25, 0.3) is 19.5 Å². The van der Waals surface area contributed by atoms with Gasteiger partial charge < -0.3 is 15.2 Å². The van der Waals surface area contributed by atoms with Crippen molar-refractivity contribution in [2.75, 3.05) is 13.2 Å². The number of thiophene rings is 2. The van der Waals surface area contributed by atoms with Crippen LogP contribution in [0.3, 0.4) is 0 Å². The van der Waals surface area contributed by atoms with Gasteiger partial charge in [-0.25, -0.2) is 4.79 Å². The number of ether oxygens (including phenoxy) is 1. The maximum absolute atomic E-state index is 12.6. The smallest absolute Gasteiger partial charge is 0.326 e. The van der Waals surface area contributed by atoms with Crippen molar-refractivity contribution in [3.8, 4) is 0 Å². The number of carboxylic acids is 1. The van der Waals surface area contributed by atoms with Gasteiger partial charge in [0, 0.05) is 27.3 Å². The van der Waals surface area contributed by atoms with Gasteiger partial charge in [-0.1, -0.05) is 18.2 Å². The molecule has 2 aromatic heterocycles. The van der Waals surface area contributed by atoms with E-state index in [4.69, 9.17) is 4.74 Å². The number of aliphatic carboxylic acids is 1. The Labute approximate surface area is 152 Å². The van der Waals surface area contributed by atoms with E-state index in [1.807, 2.05) is 24.3 Å². The van der Waals surface area contributed by atoms with Gasteiger partial charge in [-0.05, 0) is 25.0 Å². The summed E-state index contributed by atoms with van der Waals surface area (Å²) in [5.41, 5.74) is 0. The summed E-state index contributed by atoms with van der Waals surface area (Å²) < 4.78 is 8.71. The van der Waals surface area contributed by atoms with E-state index < -0.39 is 12.0 Å². The number of hydrogen-bond acceptors (Lipinski definition) is 5. The van der Waals surface area contributed by atoms with Gasteiger partial charge in [0.15, 0.2) is 0 Å². The van der Waals surface area contributed by atoms with Crippen molar-refractivity contribution in [1.29, 1.82) is 0 Å². The van der Waals surface area contributed by atoms with E-state index in [-0.39, 0.29) is 11.8 Å². The van der Waals surface area contributed by atoms with Crippen molar-refractivity contribution in [3.05, 3.63) is 35.2 Å². The molecule has 5 nitrogen and oxygen atoms in total. The number of carbonyl (C=O) groups is 2. The van der Waals surface area contributed by atoms with Gasteiger partial charge in [0.1, 0.15) is 6.04 Å². The molecule has 2 N–H and O–H groups in total. The summed E-state index contributed by atoms with van der Waals surface area (Å²) in [7, 11) is 0. The molecule has 0 bridgehead atoms. The number of hydrogen-bond donors (Lipinski definition) is 2.